The third-order valence-corrected chi connectivity index (χ3v) is 2.76. The monoisotopic (exact) mass is 232 g/mol. The Bertz CT molecular complexity index is 366. The van der Waals surface area contributed by atoms with E-state index in [0.29, 0.717) is 5.92 Å². The van der Waals surface area contributed by atoms with E-state index < -0.39 is 0 Å². The van der Waals surface area contributed by atoms with Crippen LogP contribution in [0.1, 0.15) is 38.3 Å². The number of rotatable bonds is 6. The van der Waals surface area contributed by atoms with Crippen LogP contribution in [-0.4, -0.2) is 6.61 Å². The highest BCUT2D eigenvalue weighted by atomic mass is 16.5. The van der Waals surface area contributed by atoms with Gasteiger partial charge in [-0.1, -0.05) is 43.7 Å². The van der Waals surface area contributed by atoms with Gasteiger partial charge in [-0.05, 0) is 44.2 Å². The molecule has 0 amide bonds. The Morgan fingerprint density at radius 2 is 2.06 bits per heavy atom. The zero-order valence-electron chi connectivity index (χ0n) is 11.5. The van der Waals surface area contributed by atoms with Gasteiger partial charge in [-0.25, -0.2) is 0 Å². The maximum atomic E-state index is 5.67. The van der Waals surface area contributed by atoms with Crippen molar-refractivity contribution < 1.29 is 4.74 Å². The summed E-state index contributed by atoms with van der Waals surface area (Å²) < 4.78 is 5.67. The molecular formula is C16H24O. The highest BCUT2D eigenvalue weighted by Gasteiger charge is 2.07. The van der Waals surface area contributed by atoms with Crippen molar-refractivity contribution in [1.29, 1.82) is 0 Å². The zero-order valence-corrected chi connectivity index (χ0v) is 11.5. The van der Waals surface area contributed by atoms with E-state index in [1.165, 1.54) is 11.1 Å². The van der Waals surface area contributed by atoms with Crippen LogP contribution in [0, 0.1) is 12.8 Å². The molecule has 0 saturated carbocycles. The second-order valence-electron chi connectivity index (χ2n) is 4.56. The van der Waals surface area contributed by atoms with Crippen molar-refractivity contribution in [1.82, 2.24) is 0 Å². The summed E-state index contributed by atoms with van der Waals surface area (Å²) in [7, 11) is 0. The van der Waals surface area contributed by atoms with Crippen LogP contribution >= 0.6 is 0 Å². The molecule has 0 bridgehead atoms. The van der Waals surface area contributed by atoms with E-state index in [9.17, 15) is 0 Å². The van der Waals surface area contributed by atoms with E-state index in [2.05, 4.69) is 51.1 Å². The normalized spacial score (nSPS) is 12.9. The Hall–Kier alpha value is -1.24. The Morgan fingerprint density at radius 1 is 1.29 bits per heavy atom. The smallest absolute Gasteiger partial charge is 0.122 e. The Balaban J connectivity index is 2.80. The lowest BCUT2D eigenvalue weighted by atomic mass is 9.98. The Kier molecular flexibility index (Phi) is 5.82. The molecule has 0 radical (unpaired) electrons. The first-order valence-electron chi connectivity index (χ1n) is 6.56. The van der Waals surface area contributed by atoms with Crippen molar-refractivity contribution in [3.63, 3.8) is 0 Å². The Morgan fingerprint density at radius 3 is 2.71 bits per heavy atom. The fraction of sp³-hybridized carbons (Fsp3) is 0.500. The lowest BCUT2D eigenvalue weighted by Crippen LogP contribution is -2.01. The summed E-state index contributed by atoms with van der Waals surface area (Å²) in [6.45, 7) is 9.32. The van der Waals surface area contributed by atoms with Crippen LogP contribution in [0.5, 0.6) is 5.75 Å². The second kappa shape index (κ2) is 7.16. The first-order chi connectivity index (χ1) is 8.17. The number of ether oxygens (including phenoxy) is 1. The molecule has 0 saturated heterocycles. The zero-order chi connectivity index (χ0) is 12.7. The predicted octanol–water partition coefficient (Wildman–Crippen LogP) is 4.54. The summed E-state index contributed by atoms with van der Waals surface area (Å²) in [6.07, 6.45) is 6.68. The third-order valence-electron chi connectivity index (χ3n) is 2.76. The first kappa shape index (κ1) is 13.8. The highest BCUT2D eigenvalue weighted by molar-refractivity contribution is 5.37. The molecule has 1 nitrogen and oxygen atoms in total. The van der Waals surface area contributed by atoms with Gasteiger partial charge in [-0.3, -0.25) is 0 Å². The van der Waals surface area contributed by atoms with Crippen LogP contribution in [-0.2, 0) is 6.42 Å². The van der Waals surface area contributed by atoms with Crippen LogP contribution in [0.3, 0.4) is 0 Å². The number of hydrogen-bond acceptors (Lipinski definition) is 1. The van der Waals surface area contributed by atoms with Gasteiger partial charge >= 0.3 is 0 Å². The lowest BCUT2D eigenvalue weighted by molar-refractivity contribution is 0.335. The first-order valence-corrected chi connectivity index (χ1v) is 6.56. The fourth-order valence-corrected chi connectivity index (χ4v) is 1.95. The minimum absolute atomic E-state index is 0.566. The number of aryl methyl sites for hydroxylation is 1. The van der Waals surface area contributed by atoms with Crippen molar-refractivity contribution in [2.45, 2.75) is 40.5 Å². The summed E-state index contributed by atoms with van der Waals surface area (Å²) in [5, 5.41) is 0. The molecular weight excluding hydrogens is 208 g/mol. The number of allylic oxidation sites excluding steroid dienone is 2. The lowest BCUT2D eigenvalue weighted by Gasteiger charge is -2.13. The molecule has 0 aliphatic rings. The number of hydrogen-bond donors (Lipinski definition) is 0. The molecule has 0 fully saturated rings. The number of benzene rings is 1. The molecule has 0 spiro atoms. The maximum Gasteiger partial charge on any atom is 0.122 e. The van der Waals surface area contributed by atoms with E-state index >= 15 is 0 Å². The predicted molar refractivity (Wildman–Crippen MR) is 74.6 cm³/mol. The Labute approximate surface area is 106 Å². The van der Waals surface area contributed by atoms with Crippen LogP contribution in [0.25, 0.3) is 0 Å². The minimum Gasteiger partial charge on any atom is -0.494 e. The summed E-state index contributed by atoms with van der Waals surface area (Å²) in [5.74, 6) is 1.60. The van der Waals surface area contributed by atoms with Gasteiger partial charge in [0.15, 0.2) is 0 Å². The van der Waals surface area contributed by atoms with Gasteiger partial charge < -0.3 is 4.74 Å². The van der Waals surface area contributed by atoms with Crippen molar-refractivity contribution in [3.05, 3.63) is 41.5 Å². The van der Waals surface area contributed by atoms with Crippen LogP contribution in [0.4, 0.5) is 0 Å². The van der Waals surface area contributed by atoms with Gasteiger partial charge in [-0.2, -0.15) is 0 Å². The van der Waals surface area contributed by atoms with Gasteiger partial charge in [0.2, 0.25) is 0 Å². The molecule has 17 heavy (non-hydrogen) atoms. The van der Waals surface area contributed by atoms with Crippen molar-refractivity contribution >= 4 is 0 Å². The van der Waals surface area contributed by atoms with Crippen LogP contribution in [0.15, 0.2) is 30.4 Å². The molecule has 94 valence electrons. The molecule has 1 aromatic carbocycles. The van der Waals surface area contributed by atoms with Crippen LogP contribution < -0.4 is 4.74 Å². The van der Waals surface area contributed by atoms with Gasteiger partial charge in [-0.15, -0.1) is 0 Å². The molecule has 0 heterocycles. The highest BCUT2D eigenvalue weighted by Crippen LogP contribution is 2.23. The second-order valence-corrected chi connectivity index (χ2v) is 4.56. The van der Waals surface area contributed by atoms with Gasteiger partial charge in [0.05, 0.1) is 6.61 Å². The molecule has 0 aromatic heterocycles. The van der Waals surface area contributed by atoms with E-state index in [1.54, 1.807) is 0 Å². The summed E-state index contributed by atoms with van der Waals surface area (Å²) in [5.41, 5.74) is 2.62. The topological polar surface area (TPSA) is 9.23 Å². The van der Waals surface area contributed by atoms with Crippen molar-refractivity contribution in [2.24, 2.45) is 5.92 Å². The van der Waals surface area contributed by atoms with Gasteiger partial charge in [0, 0.05) is 0 Å². The van der Waals surface area contributed by atoms with E-state index in [0.717, 1.165) is 25.2 Å². The quantitative estimate of drug-likeness (QED) is 0.654. The van der Waals surface area contributed by atoms with Gasteiger partial charge in [0.25, 0.3) is 0 Å². The SMILES string of the molecule is CC/C=C\C(C)Cc1cc(C)ccc1OCC. The van der Waals surface area contributed by atoms with E-state index in [-0.39, 0.29) is 0 Å². The van der Waals surface area contributed by atoms with Crippen LogP contribution in [0.2, 0.25) is 0 Å². The van der Waals surface area contributed by atoms with E-state index in [1.807, 2.05) is 6.92 Å². The molecule has 1 heteroatoms. The van der Waals surface area contributed by atoms with Crippen molar-refractivity contribution in [3.8, 4) is 5.75 Å². The average Bonchev–Trinajstić information content (AvgIpc) is 2.30. The minimum atomic E-state index is 0.566. The fourth-order valence-electron chi connectivity index (χ4n) is 1.95. The molecule has 0 aliphatic carbocycles. The largest absolute Gasteiger partial charge is 0.494 e. The van der Waals surface area contributed by atoms with E-state index in [4.69, 9.17) is 4.74 Å². The summed E-state index contributed by atoms with van der Waals surface area (Å²) in [4.78, 5) is 0. The molecule has 1 atom stereocenters. The summed E-state index contributed by atoms with van der Waals surface area (Å²) >= 11 is 0. The summed E-state index contributed by atoms with van der Waals surface area (Å²) in [6, 6.07) is 6.44. The van der Waals surface area contributed by atoms with Gasteiger partial charge in [0.1, 0.15) is 5.75 Å². The molecule has 1 rings (SSSR count). The molecule has 0 aliphatic heterocycles. The van der Waals surface area contributed by atoms with Crippen molar-refractivity contribution in [2.75, 3.05) is 6.61 Å². The third kappa shape index (κ3) is 4.64. The molecule has 1 aromatic rings. The molecule has 0 N–H and O–H groups in total. The average molecular weight is 232 g/mol. The maximum absolute atomic E-state index is 5.67. The standard InChI is InChI=1S/C16H24O/c1-5-7-8-13(3)11-15-12-14(4)9-10-16(15)17-6-2/h7-10,12-13H,5-6,11H2,1-4H3/b8-7-. The molecule has 1 unspecified atom stereocenters.